The third-order valence-corrected chi connectivity index (χ3v) is 5.10. The predicted octanol–water partition coefficient (Wildman–Crippen LogP) is 2.21. The Balaban J connectivity index is 1.56. The molecule has 0 bridgehead atoms. The van der Waals surface area contributed by atoms with Crippen molar-refractivity contribution in [2.45, 2.75) is 46.1 Å². The van der Waals surface area contributed by atoms with Crippen molar-refractivity contribution in [1.29, 1.82) is 0 Å². The molecule has 1 aromatic heterocycles. The molecule has 0 saturated carbocycles. The van der Waals surface area contributed by atoms with E-state index in [1.165, 1.54) is 12.8 Å². The van der Waals surface area contributed by atoms with E-state index in [-0.39, 0.29) is 0 Å². The van der Waals surface area contributed by atoms with Gasteiger partial charge in [-0.15, -0.1) is 0 Å². The number of aromatic nitrogens is 1. The van der Waals surface area contributed by atoms with Gasteiger partial charge in [-0.2, -0.15) is 0 Å². The highest BCUT2D eigenvalue weighted by Crippen LogP contribution is 2.40. The maximum atomic E-state index is 11.9. The van der Waals surface area contributed by atoms with E-state index in [4.69, 9.17) is 4.52 Å². The van der Waals surface area contributed by atoms with Crippen LogP contribution in [-0.4, -0.2) is 47.0 Å². The van der Waals surface area contributed by atoms with Crippen LogP contribution in [0.25, 0.3) is 0 Å². The molecule has 1 aromatic rings. The van der Waals surface area contributed by atoms with Crippen molar-refractivity contribution in [2.75, 3.05) is 26.2 Å². The molecule has 1 spiro atoms. The summed E-state index contributed by atoms with van der Waals surface area (Å²) < 4.78 is 5.31. The fourth-order valence-electron chi connectivity index (χ4n) is 3.70. The molecule has 0 aliphatic carbocycles. The maximum absolute atomic E-state index is 11.9. The van der Waals surface area contributed by atoms with E-state index in [2.05, 4.69) is 17.0 Å². The van der Waals surface area contributed by atoms with Gasteiger partial charge >= 0.3 is 0 Å². The molecule has 3 rings (SSSR count). The van der Waals surface area contributed by atoms with Gasteiger partial charge in [0.1, 0.15) is 0 Å². The lowest BCUT2D eigenvalue weighted by atomic mass is 9.72. The first-order valence-electron chi connectivity index (χ1n) is 8.02. The van der Waals surface area contributed by atoms with E-state index in [9.17, 15) is 4.79 Å². The average Bonchev–Trinajstić information content (AvgIpc) is 2.90. The van der Waals surface area contributed by atoms with Crippen molar-refractivity contribution in [3.8, 4) is 0 Å². The topological polar surface area (TPSA) is 49.6 Å². The molecule has 116 valence electrons. The van der Waals surface area contributed by atoms with Crippen LogP contribution in [0.4, 0.5) is 0 Å². The molecule has 5 nitrogen and oxygen atoms in total. The quantitative estimate of drug-likeness (QED) is 0.856. The summed E-state index contributed by atoms with van der Waals surface area (Å²) in [5.74, 6) is 1.29. The number of carbonyl (C=O) groups excluding carboxylic acids is 1. The second-order valence-corrected chi connectivity index (χ2v) is 6.62. The van der Waals surface area contributed by atoms with Gasteiger partial charge in [0.25, 0.3) is 0 Å². The molecule has 0 N–H and O–H groups in total. The van der Waals surface area contributed by atoms with Crippen molar-refractivity contribution < 1.29 is 9.32 Å². The normalized spacial score (nSPS) is 23.0. The van der Waals surface area contributed by atoms with Crippen molar-refractivity contribution in [3.05, 3.63) is 17.5 Å². The number of nitrogens with zero attached hydrogens (tertiary/aromatic N) is 3. The number of piperidine rings is 2. The summed E-state index contributed by atoms with van der Waals surface area (Å²) in [6.07, 6.45) is 4.17. The zero-order valence-electron chi connectivity index (χ0n) is 13.1. The van der Waals surface area contributed by atoms with Crippen molar-refractivity contribution >= 4 is 5.91 Å². The van der Waals surface area contributed by atoms with Gasteiger partial charge in [0, 0.05) is 25.6 Å². The smallest absolute Gasteiger partial charge is 0.222 e. The zero-order valence-corrected chi connectivity index (χ0v) is 13.1. The molecule has 2 saturated heterocycles. The van der Waals surface area contributed by atoms with E-state index in [1.807, 2.05) is 17.9 Å². The first kappa shape index (κ1) is 14.6. The van der Waals surface area contributed by atoms with Gasteiger partial charge in [-0.25, -0.2) is 0 Å². The van der Waals surface area contributed by atoms with E-state index < -0.39 is 0 Å². The molecule has 0 atom stereocenters. The van der Waals surface area contributed by atoms with Gasteiger partial charge < -0.3 is 9.42 Å². The molecule has 2 aliphatic heterocycles. The number of likely N-dealkylation sites (tertiary alicyclic amines) is 2. The minimum Gasteiger partial charge on any atom is -0.360 e. The van der Waals surface area contributed by atoms with E-state index in [0.717, 1.165) is 57.0 Å². The molecule has 21 heavy (non-hydrogen) atoms. The van der Waals surface area contributed by atoms with Gasteiger partial charge in [-0.3, -0.25) is 9.69 Å². The highest BCUT2D eigenvalue weighted by Gasteiger charge is 2.40. The SMILES string of the molecule is CCN1CC2(CCC1=O)CCN(Cc1cc(C)no1)CC2. The van der Waals surface area contributed by atoms with Crippen LogP contribution in [0.5, 0.6) is 0 Å². The Morgan fingerprint density at radius 3 is 2.71 bits per heavy atom. The zero-order chi connectivity index (χ0) is 14.9. The molecule has 0 unspecified atom stereocenters. The Labute approximate surface area is 126 Å². The number of aryl methyl sites for hydroxylation is 1. The third kappa shape index (κ3) is 3.12. The van der Waals surface area contributed by atoms with E-state index >= 15 is 0 Å². The van der Waals surface area contributed by atoms with Gasteiger partial charge in [0.2, 0.25) is 5.91 Å². The number of carbonyl (C=O) groups is 1. The number of rotatable bonds is 3. The summed E-state index contributed by atoms with van der Waals surface area (Å²) in [5.41, 5.74) is 1.31. The highest BCUT2D eigenvalue weighted by atomic mass is 16.5. The van der Waals surface area contributed by atoms with Crippen LogP contribution in [0.15, 0.2) is 10.6 Å². The van der Waals surface area contributed by atoms with Gasteiger partial charge in [-0.05, 0) is 51.6 Å². The third-order valence-electron chi connectivity index (χ3n) is 5.10. The molecule has 3 heterocycles. The summed E-state index contributed by atoms with van der Waals surface area (Å²) >= 11 is 0. The second kappa shape index (κ2) is 5.79. The first-order chi connectivity index (χ1) is 10.1. The van der Waals surface area contributed by atoms with Crippen LogP contribution in [0, 0.1) is 12.3 Å². The lowest BCUT2D eigenvalue weighted by Crippen LogP contribution is -2.51. The summed E-state index contributed by atoms with van der Waals surface area (Å²) in [6, 6.07) is 2.02. The molecule has 5 heteroatoms. The van der Waals surface area contributed by atoms with Crippen LogP contribution in [-0.2, 0) is 11.3 Å². The minimum absolute atomic E-state index is 0.336. The number of hydrogen-bond acceptors (Lipinski definition) is 4. The molecule has 0 aromatic carbocycles. The Hall–Kier alpha value is -1.36. The number of hydrogen-bond donors (Lipinski definition) is 0. The summed E-state index contributed by atoms with van der Waals surface area (Å²) in [4.78, 5) is 16.3. The lowest BCUT2D eigenvalue weighted by Gasteiger charge is -2.47. The van der Waals surface area contributed by atoms with Crippen LogP contribution < -0.4 is 0 Å². The molecule has 2 fully saturated rings. The Kier molecular flexibility index (Phi) is 4.02. The van der Waals surface area contributed by atoms with Crippen molar-refractivity contribution in [1.82, 2.24) is 15.0 Å². The second-order valence-electron chi connectivity index (χ2n) is 6.62. The lowest BCUT2D eigenvalue weighted by molar-refractivity contribution is -0.138. The molecule has 2 aliphatic rings. The Morgan fingerprint density at radius 2 is 2.10 bits per heavy atom. The summed E-state index contributed by atoms with van der Waals surface area (Å²) in [5, 5.41) is 3.95. The Bertz CT molecular complexity index is 503. The molecular weight excluding hydrogens is 266 g/mol. The van der Waals surface area contributed by atoms with E-state index in [1.54, 1.807) is 0 Å². The molecule has 0 radical (unpaired) electrons. The average molecular weight is 291 g/mol. The summed E-state index contributed by atoms with van der Waals surface area (Å²) in [7, 11) is 0. The van der Waals surface area contributed by atoms with Gasteiger partial charge in [0.15, 0.2) is 5.76 Å². The van der Waals surface area contributed by atoms with Crippen molar-refractivity contribution in [3.63, 3.8) is 0 Å². The monoisotopic (exact) mass is 291 g/mol. The first-order valence-corrected chi connectivity index (χ1v) is 8.02. The van der Waals surface area contributed by atoms with Crippen LogP contribution in [0.2, 0.25) is 0 Å². The summed E-state index contributed by atoms with van der Waals surface area (Å²) in [6.45, 7) is 8.87. The van der Waals surface area contributed by atoms with Crippen LogP contribution >= 0.6 is 0 Å². The standard InChI is InChI=1S/C16H25N3O2/c1-3-19-12-16(5-4-15(19)20)6-8-18(9-7-16)11-14-10-13(2)17-21-14/h10H,3-9,11-12H2,1-2H3. The fourth-order valence-corrected chi connectivity index (χ4v) is 3.70. The maximum Gasteiger partial charge on any atom is 0.222 e. The van der Waals surface area contributed by atoms with E-state index in [0.29, 0.717) is 11.3 Å². The van der Waals surface area contributed by atoms with Crippen LogP contribution in [0.1, 0.15) is 44.1 Å². The largest absolute Gasteiger partial charge is 0.360 e. The van der Waals surface area contributed by atoms with Gasteiger partial charge in [-0.1, -0.05) is 5.16 Å². The number of amides is 1. The van der Waals surface area contributed by atoms with Gasteiger partial charge in [0.05, 0.1) is 12.2 Å². The van der Waals surface area contributed by atoms with Crippen molar-refractivity contribution in [2.24, 2.45) is 5.41 Å². The molecular formula is C16H25N3O2. The molecule has 1 amide bonds. The Morgan fingerprint density at radius 1 is 1.33 bits per heavy atom. The highest BCUT2D eigenvalue weighted by molar-refractivity contribution is 5.77. The minimum atomic E-state index is 0.336. The van der Waals surface area contributed by atoms with Crippen LogP contribution in [0.3, 0.4) is 0 Å². The fraction of sp³-hybridized carbons (Fsp3) is 0.750. The predicted molar refractivity (Wildman–Crippen MR) is 79.7 cm³/mol.